The van der Waals surface area contributed by atoms with Crippen LogP contribution in [0.15, 0.2) is 29.1 Å². The Hall–Kier alpha value is -0.930. The largest absolute Gasteiger partial charge is 0.245 e. The minimum absolute atomic E-state index is 0.130. The topological polar surface area (TPSA) is 12.9 Å². The van der Waals surface area contributed by atoms with Crippen molar-refractivity contribution in [3.8, 4) is 11.3 Å². The van der Waals surface area contributed by atoms with E-state index >= 15 is 0 Å². The minimum Gasteiger partial charge on any atom is -0.245 e. The number of thiazole rings is 1. The smallest absolute Gasteiger partial charge is 0.141 e. The van der Waals surface area contributed by atoms with Gasteiger partial charge in [-0.2, -0.15) is 0 Å². The number of nitrogens with zero attached hydrogens (tertiary/aromatic N) is 1. The lowest BCUT2D eigenvalue weighted by atomic mass is 10.2. The molecule has 4 heteroatoms. The van der Waals surface area contributed by atoms with E-state index in [1.807, 2.05) is 5.38 Å². The minimum atomic E-state index is -0.402. The van der Waals surface area contributed by atoms with E-state index in [-0.39, 0.29) is 5.02 Å². The highest BCUT2D eigenvalue weighted by Gasteiger charge is 2.03. The van der Waals surface area contributed by atoms with Gasteiger partial charge in [0.2, 0.25) is 0 Å². The van der Waals surface area contributed by atoms with Gasteiger partial charge in [0.1, 0.15) is 5.82 Å². The molecule has 0 amide bonds. The van der Waals surface area contributed by atoms with Crippen LogP contribution in [0.2, 0.25) is 5.02 Å². The number of rotatable bonds is 1. The molecule has 2 aromatic rings. The van der Waals surface area contributed by atoms with Crippen molar-refractivity contribution in [3.05, 3.63) is 39.9 Å². The fraction of sp³-hybridized carbons (Fsp3) is 0. The zero-order valence-corrected chi connectivity index (χ0v) is 8.07. The second kappa shape index (κ2) is 3.44. The molecule has 1 nitrogen and oxygen atoms in total. The fourth-order valence-corrected chi connectivity index (χ4v) is 1.75. The molecule has 0 unspecified atom stereocenters. The maximum atomic E-state index is 12.8. The lowest BCUT2D eigenvalue weighted by Crippen LogP contribution is -1.80. The van der Waals surface area contributed by atoms with Gasteiger partial charge in [0, 0.05) is 10.9 Å². The average molecular weight is 214 g/mol. The van der Waals surface area contributed by atoms with Crippen LogP contribution in [-0.2, 0) is 0 Å². The molecule has 0 aliphatic carbocycles. The van der Waals surface area contributed by atoms with Gasteiger partial charge in [-0.05, 0) is 18.2 Å². The summed E-state index contributed by atoms with van der Waals surface area (Å²) in [6.07, 6.45) is 0. The molecular formula is C9H5ClFNS. The number of hydrogen-bond acceptors (Lipinski definition) is 2. The number of benzene rings is 1. The summed E-state index contributed by atoms with van der Waals surface area (Å²) in [4.78, 5) is 4.09. The molecular weight excluding hydrogens is 209 g/mol. The standard InChI is InChI=1S/C9H5ClFNS/c10-7-3-6(1-2-8(7)11)9-4-13-5-12-9/h1-5H. The van der Waals surface area contributed by atoms with Crippen LogP contribution in [0.25, 0.3) is 11.3 Å². The van der Waals surface area contributed by atoms with Crippen molar-refractivity contribution in [2.75, 3.05) is 0 Å². The maximum Gasteiger partial charge on any atom is 0.141 e. The van der Waals surface area contributed by atoms with Crippen molar-refractivity contribution in [3.63, 3.8) is 0 Å². The SMILES string of the molecule is Fc1ccc(-c2cscn2)cc1Cl. The predicted octanol–water partition coefficient (Wildman–Crippen LogP) is 3.60. The van der Waals surface area contributed by atoms with E-state index in [1.165, 1.54) is 17.4 Å². The third kappa shape index (κ3) is 1.71. The first-order valence-electron chi connectivity index (χ1n) is 3.61. The predicted molar refractivity (Wildman–Crippen MR) is 52.5 cm³/mol. The summed E-state index contributed by atoms with van der Waals surface area (Å²) in [5.41, 5.74) is 3.40. The third-order valence-electron chi connectivity index (χ3n) is 1.65. The Bertz CT molecular complexity index is 414. The molecule has 0 saturated carbocycles. The second-order valence-corrected chi connectivity index (χ2v) is 3.63. The maximum absolute atomic E-state index is 12.8. The first kappa shape index (κ1) is 8.66. The molecule has 0 bridgehead atoms. The van der Waals surface area contributed by atoms with Gasteiger partial charge in [0.05, 0.1) is 16.2 Å². The molecule has 1 aromatic carbocycles. The van der Waals surface area contributed by atoms with Crippen molar-refractivity contribution in [2.24, 2.45) is 0 Å². The molecule has 0 spiro atoms. The van der Waals surface area contributed by atoms with Crippen molar-refractivity contribution in [1.82, 2.24) is 4.98 Å². The Balaban J connectivity index is 2.49. The average Bonchev–Trinajstić information content (AvgIpc) is 2.62. The van der Waals surface area contributed by atoms with Gasteiger partial charge in [-0.3, -0.25) is 0 Å². The van der Waals surface area contributed by atoms with Crippen molar-refractivity contribution in [1.29, 1.82) is 0 Å². The van der Waals surface area contributed by atoms with Gasteiger partial charge in [-0.15, -0.1) is 11.3 Å². The van der Waals surface area contributed by atoms with Crippen LogP contribution in [0.3, 0.4) is 0 Å². The monoisotopic (exact) mass is 213 g/mol. The summed E-state index contributed by atoms with van der Waals surface area (Å²) in [7, 11) is 0. The summed E-state index contributed by atoms with van der Waals surface area (Å²) >= 11 is 7.13. The van der Waals surface area contributed by atoms with Crippen LogP contribution in [0.5, 0.6) is 0 Å². The molecule has 0 saturated heterocycles. The van der Waals surface area contributed by atoms with Gasteiger partial charge in [-0.1, -0.05) is 11.6 Å². The van der Waals surface area contributed by atoms with E-state index < -0.39 is 5.82 Å². The van der Waals surface area contributed by atoms with Gasteiger partial charge < -0.3 is 0 Å². The van der Waals surface area contributed by atoms with Crippen LogP contribution >= 0.6 is 22.9 Å². The van der Waals surface area contributed by atoms with Gasteiger partial charge in [0.15, 0.2) is 0 Å². The first-order chi connectivity index (χ1) is 6.27. The van der Waals surface area contributed by atoms with E-state index in [2.05, 4.69) is 4.98 Å². The summed E-state index contributed by atoms with van der Waals surface area (Å²) < 4.78 is 12.8. The van der Waals surface area contributed by atoms with Gasteiger partial charge >= 0.3 is 0 Å². The van der Waals surface area contributed by atoms with Crippen LogP contribution < -0.4 is 0 Å². The van der Waals surface area contributed by atoms with E-state index in [1.54, 1.807) is 17.6 Å². The molecule has 0 fully saturated rings. The summed E-state index contributed by atoms with van der Waals surface area (Å²) in [6.45, 7) is 0. The highest BCUT2D eigenvalue weighted by atomic mass is 35.5. The Morgan fingerprint density at radius 2 is 2.23 bits per heavy atom. The Labute approximate surface area is 83.8 Å². The normalized spacial score (nSPS) is 10.3. The lowest BCUT2D eigenvalue weighted by molar-refractivity contribution is 0.628. The highest BCUT2D eigenvalue weighted by molar-refractivity contribution is 7.07. The number of aromatic nitrogens is 1. The molecule has 0 aliphatic heterocycles. The van der Waals surface area contributed by atoms with Crippen molar-refractivity contribution in [2.45, 2.75) is 0 Å². The molecule has 0 radical (unpaired) electrons. The molecule has 2 rings (SSSR count). The van der Waals surface area contributed by atoms with E-state index in [0.717, 1.165) is 11.3 Å². The van der Waals surface area contributed by atoms with Crippen LogP contribution in [0.1, 0.15) is 0 Å². The summed E-state index contributed by atoms with van der Waals surface area (Å²) in [6, 6.07) is 4.58. The summed E-state index contributed by atoms with van der Waals surface area (Å²) in [5, 5.41) is 2.02. The third-order valence-corrected chi connectivity index (χ3v) is 2.52. The van der Waals surface area contributed by atoms with Crippen LogP contribution in [0, 0.1) is 5.82 Å². The number of halogens is 2. The lowest BCUT2D eigenvalue weighted by Gasteiger charge is -1.97. The molecule has 0 aliphatic rings. The van der Waals surface area contributed by atoms with E-state index in [4.69, 9.17) is 11.6 Å². The zero-order valence-electron chi connectivity index (χ0n) is 6.50. The van der Waals surface area contributed by atoms with E-state index in [0.29, 0.717) is 0 Å². The Morgan fingerprint density at radius 3 is 2.85 bits per heavy atom. The van der Waals surface area contributed by atoms with Crippen LogP contribution in [0.4, 0.5) is 4.39 Å². The molecule has 66 valence electrons. The summed E-state index contributed by atoms with van der Waals surface area (Å²) in [5.74, 6) is -0.402. The molecule has 0 N–H and O–H groups in total. The van der Waals surface area contributed by atoms with Gasteiger partial charge in [-0.25, -0.2) is 9.37 Å². The zero-order chi connectivity index (χ0) is 9.26. The Morgan fingerprint density at radius 1 is 1.38 bits per heavy atom. The molecule has 0 atom stereocenters. The second-order valence-electron chi connectivity index (χ2n) is 2.50. The molecule has 1 heterocycles. The fourth-order valence-electron chi connectivity index (χ4n) is 1.01. The van der Waals surface area contributed by atoms with Crippen molar-refractivity contribution < 1.29 is 4.39 Å². The Kier molecular flexibility index (Phi) is 2.29. The quantitative estimate of drug-likeness (QED) is 0.705. The van der Waals surface area contributed by atoms with Crippen LogP contribution in [-0.4, -0.2) is 4.98 Å². The van der Waals surface area contributed by atoms with Crippen molar-refractivity contribution >= 4 is 22.9 Å². The highest BCUT2D eigenvalue weighted by Crippen LogP contribution is 2.24. The van der Waals surface area contributed by atoms with E-state index in [9.17, 15) is 4.39 Å². The first-order valence-corrected chi connectivity index (χ1v) is 4.93. The molecule has 1 aromatic heterocycles. The van der Waals surface area contributed by atoms with Gasteiger partial charge in [0.25, 0.3) is 0 Å². The molecule has 13 heavy (non-hydrogen) atoms. The number of hydrogen-bond donors (Lipinski definition) is 0.